The van der Waals surface area contributed by atoms with Gasteiger partial charge in [0.25, 0.3) is 0 Å². The Labute approximate surface area is 144 Å². The minimum atomic E-state index is -1.31. The van der Waals surface area contributed by atoms with Crippen LogP contribution in [-0.4, -0.2) is 17.5 Å². The molecule has 2 atom stereocenters. The number of rotatable bonds is 2. The molecule has 23 heavy (non-hydrogen) atoms. The summed E-state index contributed by atoms with van der Waals surface area (Å²) in [5.41, 5.74) is -2.37. The van der Waals surface area contributed by atoms with Gasteiger partial charge in [0.2, 0.25) is 17.5 Å². The summed E-state index contributed by atoms with van der Waals surface area (Å²) < 4.78 is 0. The van der Waals surface area contributed by atoms with Gasteiger partial charge in [0.15, 0.2) is 0 Å². The maximum Gasteiger partial charge on any atom is 0.239 e. The molecule has 0 spiro atoms. The number of hydrogen-bond acceptors (Lipinski definition) is 3. The zero-order valence-electron chi connectivity index (χ0n) is 13.1. The molecule has 2 saturated carbocycles. The van der Waals surface area contributed by atoms with Gasteiger partial charge in [0.05, 0.1) is 10.0 Å². The number of hydrogen-bond donors (Lipinski definition) is 1. The van der Waals surface area contributed by atoms with E-state index in [2.05, 4.69) is 5.32 Å². The van der Waals surface area contributed by atoms with E-state index in [1.807, 2.05) is 13.8 Å². The highest BCUT2D eigenvalue weighted by atomic mass is 35.5. The third kappa shape index (κ3) is 1.82. The van der Waals surface area contributed by atoms with E-state index in [-0.39, 0.29) is 0 Å². The fourth-order valence-electron chi connectivity index (χ4n) is 4.08. The second kappa shape index (κ2) is 4.81. The van der Waals surface area contributed by atoms with E-state index in [1.165, 1.54) is 6.07 Å². The maximum absolute atomic E-state index is 12.9. The molecule has 0 aliphatic heterocycles. The Bertz CT molecular complexity index is 758. The molecule has 2 bridgehead atoms. The predicted molar refractivity (Wildman–Crippen MR) is 88.7 cm³/mol. The summed E-state index contributed by atoms with van der Waals surface area (Å²) in [4.78, 5) is 37.9. The van der Waals surface area contributed by atoms with Gasteiger partial charge < -0.3 is 5.32 Å². The number of carbonyl (C=O) groups excluding carboxylic acids is 3. The van der Waals surface area contributed by atoms with E-state index in [4.69, 9.17) is 23.2 Å². The Morgan fingerprint density at radius 3 is 2.22 bits per heavy atom. The Balaban J connectivity index is 2.00. The number of anilines is 1. The van der Waals surface area contributed by atoms with E-state index in [0.29, 0.717) is 28.6 Å². The van der Waals surface area contributed by atoms with Crippen LogP contribution in [0.15, 0.2) is 18.2 Å². The van der Waals surface area contributed by atoms with Gasteiger partial charge in [-0.3, -0.25) is 14.4 Å². The number of fused-ring (bicyclic) bond motifs is 2. The van der Waals surface area contributed by atoms with Crippen molar-refractivity contribution in [2.24, 2.45) is 16.2 Å². The minimum absolute atomic E-state index is 0.311. The lowest BCUT2D eigenvalue weighted by molar-refractivity contribution is -0.147. The number of nitrogens with one attached hydrogen (secondary N) is 1. The number of Topliss-reactive ketones (excluding diaryl/α,β-unsaturated/α-hetero) is 2. The molecule has 0 aromatic heterocycles. The van der Waals surface area contributed by atoms with E-state index in [9.17, 15) is 14.4 Å². The topological polar surface area (TPSA) is 63.2 Å². The number of ketones is 2. The lowest BCUT2D eigenvalue weighted by Gasteiger charge is -2.37. The molecule has 2 fully saturated rings. The maximum atomic E-state index is 12.9. The first-order chi connectivity index (χ1) is 10.6. The zero-order valence-corrected chi connectivity index (χ0v) is 14.6. The second-order valence-electron chi connectivity index (χ2n) is 7.10. The molecule has 3 rings (SSSR count). The van der Waals surface area contributed by atoms with Crippen molar-refractivity contribution in [3.8, 4) is 0 Å². The van der Waals surface area contributed by atoms with Crippen LogP contribution in [0.1, 0.15) is 33.6 Å². The van der Waals surface area contributed by atoms with Gasteiger partial charge in [-0.15, -0.1) is 0 Å². The standard InChI is InChI=1S/C17H17Cl2NO3/c1-15(2)16(3)6-7-17(15,13(22)12(16)21)14(23)20-9-4-5-10(18)11(19)8-9/h4-5,8H,6-7H2,1-3H3,(H,20,23)/t16-,17-/m1/s1. The molecule has 2 aliphatic carbocycles. The van der Waals surface area contributed by atoms with Gasteiger partial charge in [-0.2, -0.15) is 0 Å². The average Bonchev–Trinajstić information content (AvgIpc) is 2.75. The highest BCUT2D eigenvalue weighted by molar-refractivity contribution is 6.49. The van der Waals surface area contributed by atoms with Gasteiger partial charge in [0, 0.05) is 11.1 Å². The van der Waals surface area contributed by atoms with E-state index < -0.39 is 33.7 Å². The van der Waals surface area contributed by atoms with Crippen molar-refractivity contribution in [3.63, 3.8) is 0 Å². The molecule has 0 unspecified atom stereocenters. The largest absolute Gasteiger partial charge is 0.325 e. The number of benzene rings is 1. The SMILES string of the molecule is CC1(C)[C@]2(C(=O)Nc3ccc(Cl)c(Cl)c3)CC[C@]1(C)C(=O)C2=O. The van der Waals surface area contributed by atoms with Crippen LogP contribution in [0, 0.1) is 16.2 Å². The van der Waals surface area contributed by atoms with Gasteiger partial charge in [0.1, 0.15) is 5.41 Å². The number of carbonyl (C=O) groups is 3. The van der Waals surface area contributed by atoms with Crippen molar-refractivity contribution in [1.82, 2.24) is 0 Å². The van der Waals surface area contributed by atoms with Crippen molar-refractivity contribution in [2.75, 3.05) is 5.32 Å². The molecular weight excluding hydrogens is 337 g/mol. The molecule has 1 N–H and O–H groups in total. The summed E-state index contributed by atoms with van der Waals surface area (Å²) in [6, 6.07) is 4.72. The quantitative estimate of drug-likeness (QED) is 0.647. The molecule has 0 radical (unpaired) electrons. The summed E-state index contributed by atoms with van der Waals surface area (Å²) in [6.07, 6.45) is 0.924. The highest BCUT2D eigenvalue weighted by Crippen LogP contribution is 2.69. The summed E-state index contributed by atoms with van der Waals surface area (Å²) >= 11 is 11.8. The molecule has 1 aromatic carbocycles. The van der Waals surface area contributed by atoms with Crippen LogP contribution in [0.25, 0.3) is 0 Å². The molecule has 0 saturated heterocycles. The first-order valence-corrected chi connectivity index (χ1v) is 8.19. The van der Waals surface area contributed by atoms with Gasteiger partial charge >= 0.3 is 0 Å². The average molecular weight is 354 g/mol. The predicted octanol–water partition coefficient (Wildman–Crippen LogP) is 3.90. The van der Waals surface area contributed by atoms with Crippen LogP contribution in [-0.2, 0) is 14.4 Å². The van der Waals surface area contributed by atoms with E-state index >= 15 is 0 Å². The summed E-state index contributed by atoms with van der Waals surface area (Å²) in [7, 11) is 0. The van der Waals surface area contributed by atoms with Gasteiger partial charge in [-0.05, 0) is 36.5 Å². The van der Waals surface area contributed by atoms with Crippen LogP contribution in [0.2, 0.25) is 10.0 Å². The zero-order chi connectivity index (χ0) is 17.2. The minimum Gasteiger partial charge on any atom is -0.325 e. The van der Waals surface area contributed by atoms with Crippen LogP contribution < -0.4 is 5.32 Å². The van der Waals surface area contributed by atoms with Crippen molar-refractivity contribution >= 4 is 46.4 Å². The Morgan fingerprint density at radius 2 is 1.70 bits per heavy atom. The molecule has 4 nitrogen and oxygen atoms in total. The summed E-state index contributed by atoms with van der Waals surface area (Å²) in [5.74, 6) is -1.45. The number of amides is 1. The Kier molecular flexibility index (Phi) is 3.44. The molecular formula is C17H17Cl2NO3. The highest BCUT2D eigenvalue weighted by Gasteiger charge is 2.77. The normalized spacial score (nSPS) is 31.5. The van der Waals surface area contributed by atoms with Gasteiger partial charge in [-0.1, -0.05) is 44.0 Å². The van der Waals surface area contributed by atoms with Crippen molar-refractivity contribution in [2.45, 2.75) is 33.6 Å². The third-order valence-electron chi connectivity index (χ3n) is 6.11. The van der Waals surface area contributed by atoms with E-state index in [1.54, 1.807) is 19.1 Å². The smallest absolute Gasteiger partial charge is 0.239 e. The molecule has 122 valence electrons. The first kappa shape index (κ1) is 16.5. The summed E-state index contributed by atoms with van der Waals surface area (Å²) in [6.45, 7) is 5.45. The Hall–Kier alpha value is -1.39. The molecule has 6 heteroatoms. The fourth-order valence-corrected chi connectivity index (χ4v) is 4.38. The lowest BCUT2D eigenvalue weighted by atomic mass is 9.64. The van der Waals surface area contributed by atoms with Crippen molar-refractivity contribution < 1.29 is 14.4 Å². The van der Waals surface area contributed by atoms with Crippen LogP contribution in [0.3, 0.4) is 0 Å². The first-order valence-electron chi connectivity index (χ1n) is 7.44. The molecule has 0 heterocycles. The van der Waals surface area contributed by atoms with Gasteiger partial charge in [-0.25, -0.2) is 0 Å². The van der Waals surface area contributed by atoms with Crippen molar-refractivity contribution in [1.29, 1.82) is 0 Å². The molecule has 1 amide bonds. The molecule has 1 aromatic rings. The van der Waals surface area contributed by atoms with E-state index in [0.717, 1.165) is 0 Å². The van der Waals surface area contributed by atoms with Crippen LogP contribution >= 0.6 is 23.2 Å². The van der Waals surface area contributed by atoms with Crippen LogP contribution in [0.5, 0.6) is 0 Å². The molecule has 2 aliphatic rings. The van der Waals surface area contributed by atoms with Crippen LogP contribution in [0.4, 0.5) is 5.69 Å². The third-order valence-corrected chi connectivity index (χ3v) is 6.85. The van der Waals surface area contributed by atoms with Crippen molar-refractivity contribution in [3.05, 3.63) is 28.2 Å². The summed E-state index contributed by atoms with van der Waals surface area (Å²) in [5, 5.41) is 3.43. The fraction of sp³-hybridized carbons (Fsp3) is 0.471. The second-order valence-corrected chi connectivity index (χ2v) is 7.92. The monoisotopic (exact) mass is 353 g/mol. The Morgan fingerprint density at radius 1 is 1.04 bits per heavy atom. The number of halogens is 2. The lowest BCUT2D eigenvalue weighted by Crippen LogP contribution is -2.47.